The third-order valence-corrected chi connectivity index (χ3v) is 8.41. The van der Waals surface area contributed by atoms with Crippen molar-refractivity contribution in [2.24, 2.45) is 0 Å². The fourth-order valence-corrected chi connectivity index (χ4v) is 6.13. The minimum atomic E-state index is -0.720. The number of amides is 1. The van der Waals surface area contributed by atoms with Gasteiger partial charge in [0, 0.05) is 44.4 Å². The van der Waals surface area contributed by atoms with E-state index in [0.717, 1.165) is 47.7 Å². The maximum absolute atomic E-state index is 13.2. The van der Waals surface area contributed by atoms with Crippen LogP contribution in [-0.2, 0) is 4.74 Å². The molecular formula is C32H34N6O6. The molecule has 1 saturated heterocycles. The molecule has 2 aromatic carbocycles. The molecule has 12 heteroatoms. The fourth-order valence-electron chi connectivity index (χ4n) is 6.13. The summed E-state index contributed by atoms with van der Waals surface area (Å²) in [6.45, 7) is 2.36. The van der Waals surface area contributed by atoms with E-state index in [1.165, 1.54) is 14.2 Å². The van der Waals surface area contributed by atoms with Crippen molar-refractivity contribution in [1.29, 1.82) is 0 Å². The molecule has 5 aromatic rings. The molecule has 3 aromatic heterocycles. The second kappa shape index (κ2) is 11.4. The Kier molecular flexibility index (Phi) is 7.31. The van der Waals surface area contributed by atoms with Gasteiger partial charge in [0.25, 0.3) is 5.91 Å². The number of hydrogen-bond acceptors (Lipinski definition) is 10. The lowest BCUT2D eigenvalue weighted by Crippen LogP contribution is -2.30. The van der Waals surface area contributed by atoms with E-state index < -0.39 is 12.2 Å². The van der Waals surface area contributed by atoms with Crippen LogP contribution in [0, 0.1) is 6.92 Å². The minimum absolute atomic E-state index is 0.0738. The molecule has 12 nitrogen and oxygen atoms in total. The van der Waals surface area contributed by atoms with Crippen LogP contribution in [0.2, 0.25) is 0 Å². The topological polar surface area (TPSA) is 148 Å². The number of carbonyl (C=O) groups is 1. The van der Waals surface area contributed by atoms with Crippen molar-refractivity contribution < 1.29 is 28.5 Å². The standard InChI is InChI=1S/C32H34N6O6/c1-17-34-23-10-8-18(12-26(23)43-17)21-14-33-29-28(21)30(44-20-6-4-5-7-20)37-32(36-29)35-22-11-9-19(13-25(22)41-2)31(40)38-15-24(39)27(16-38)42-3/h8-14,20,24,27,39H,4-7,15-16H2,1-3H3,(H2,33,35,36,37)/t24-,27-/m1/s1. The minimum Gasteiger partial charge on any atom is -0.495 e. The maximum Gasteiger partial charge on any atom is 0.254 e. The van der Waals surface area contributed by atoms with Gasteiger partial charge in [-0.1, -0.05) is 6.07 Å². The number of aromatic nitrogens is 4. The molecule has 2 aliphatic rings. The first-order chi connectivity index (χ1) is 21.4. The average molecular weight is 599 g/mol. The summed E-state index contributed by atoms with van der Waals surface area (Å²) in [6, 6.07) is 11.0. The highest BCUT2D eigenvalue weighted by Gasteiger charge is 2.34. The van der Waals surface area contributed by atoms with Crippen molar-refractivity contribution in [2.45, 2.75) is 50.9 Å². The molecule has 7 rings (SSSR count). The highest BCUT2D eigenvalue weighted by Crippen LogP contribution is 2.38. The van der Waals surface area contributed by atoms with Gasteiger partial charge < -0.3 is 38.9 Å². The summed E-state index contributed by atoms with van der Waals surface area (Å²) in [5.74, 6) is 1.66. The molecule has 1 amide bonds. The van der Waals surface area contributed by atoms with Crippen LogP contribution in [0.15, 0.2) is 47.0 Å². The molecule has 0 bridgehead atoms. The molecule has 2 fully saturated rings. The zero-order valence-electron chi connectivity index (χ0n) is 24.8. The van der Waals surface area contributed by atoms with E-state index in [-0.39, 0.29) is 18.6 Å². The first-order valence-electron chi connectivity index (χ1n) is 14.8. The Morgan fingerprint density at radius 3 is 2.70 bits per heavy atom. The summed E-state index contributed by atoms with van der Waals surface area (Å²) in [7, 11) is 3.07. The third kappa shape index (κ3) is 5.20. The average Bonchev–Trinajstić information content (AvgIpc) is 3.83. The van der Waals surface area contributed by atoms with E-state index >= 15 is 0 Å². The number of benzene rings is 2. The lowest BCUT2D eigenvalue weighted by atomic mass is 10.1. The molecule has 44 heavy (non-hydrogen) atoms. The molecule has 1 aliphatic heterocycles. The number of likely N-dealkylation sites (tertiary alicyclic amines) is 1. The van der Waals surface area contributed by atoms with Crippen molar-refractivity contribution in [3.63, 3.8) is 0 Å². The van der Waals surface area contributed by atoms with Crippen molar-refractivity contribution in [3.8, 4) is 22.8 Å². The second-order valence-corrected chi connectivity index (χ2v) is 11.3. The van der Waals surface area contributed by atoms with Crippen LogP contribution in [0.5, 0.6) is 11.6 Å². The fraction of sp³-hybridized carbons (Fsp3) is 0.375. The van der Waals surface area contributed by atoms with Gasteiger partial charge in [-0.3, -0.25) is 4.79 Å². The van der Waals surface area contributed by atoms with Gasteiger partial charge in [-0.2, -0.15) is 9.97 Å². The van der Waals surface area contributed by atoms with E-state index in [2.05, 4.69) is 15.3 Å². The van der Waals surface area contributed by atoms with E-state index in [4.69, 9.17) is 28.6 Å². The number of hydrogen-bond donors (Lipinski definition) is 3. The maximum atomic E-state index is 13.2. The molecule has 0 spiro atoms. The predicted octanol–water partition coefficient (Wildman–Crippen LogP) is 4.98. The number of rotatable bonds is 8. The van der Waals surface area contributed by atoms with Crippen molar-refractivity contribution in [1.82, 2.24) is 24.8 Å². The van der Waals surface area contributed by atoms with Gasteiger partial charge >= 0.3 is 0 Å². The van der Waals surface area contributed by atoms with E-state index in [9.17, 15) is 9.90 Å². The smallest absolute Gasteiger partial charge is 0.254 e. The molecule has 0 unspecified atom stereocenters. The monoisotopic (exact) mass is 598 g/mol. The van der Waals surface area contributed by atoms with Crippen LogP contribution >= 0.6 is 0 Å². The SMILES string of the molecule is COc1cc(C(=O)N2C[C@@H](O)[C@H](OC)C2)ccc1Nc1nc(OC2CCCC2)c2c(-c3ccc4nc(C)oc4c3)c[nH]c2n1. The van der Waals surface area contributed by atoms with Crippen LogP contribution in [0.1, 0.15) is 41.9 Å². The molecule has 228 valence electrons. The molecular weight excluding hydrogens is 564 g/mol. The Labute approximate surface area is 253 Å². The van der Waals surface area contributed by atoms with Gasteiger partial charge in [-0.05, 0) is 61.6 Å². The summed E-state index contributed by atoms with van der Waals surface area (Å²) in [4.78, 5) is 32.1. The van der Waals surface area contributed by atoms with Crippen molar-refractivity contribution in [2.75, 3.05) is 32.6 Å². The number of β-amino-alcohol motifs (C(OH)–C–C–N with tert-alkyl or cyclic N) is 1. The number of H-pyrrole nitrogens is 1. The van der Waals surface area contributed by atoms with E-state index in [0.29, 0.717) is 52.5 Å². The number of nitrogens with one attached hydrogen (secondary N) is 2. The van der Waals surface area contributed by atoms with Gasteiger partial charge in [0.1, 0.15) is 29.1 Å². The summed E-state index contributed by atoms with van der Waals surface area (Å²) in [5, 5.41) is 14.2. The summed E-state index contributed by atoms with van der Waals surface area (Å²) in [5.41, 5.74) is 4.99. The lowest BCUT2D eigenvalue weighted by molar-refractivity contribution is 0.0215. The van der Waals surface area contributed by atoms with Crippen LogP contribution < -0.4 is 14.8 Å². The Morgan fingerprint density at radius 2 is 1.93 bits per heavy atom. The first-order valence-corrected chi connectivity index (χ1v) is 14.8. The number of anilines is 2. The van der Waals surface area contributed by atoms with Crippen molar-refractivity contribution >= 4 is 39.7 Å². The number of carbonyl (C=O) groups excluding carboxylic acids is 1. The highest BCUT2D eigenvalue weighted by molar-refractivity contribution is 5.99. The number of aromatic amines is 1. The zero-order valence-corrected chi connectivity index (χ0v) is 24.8. The number of ether oxygens (including phenoxy) is 3. The number of oxazole rings is 1. The van der Waals surface area contributed by atoms with Gasteiger partial charge in [0.05, 0.1) is 24.3 Å². The van der Waals surface area contributed by atoms with Gasteiger partial charge in [0.2, 0.25) is 11.8 Å². The van der Waals surface area contributed by atoms with Crippen LogP contribution in [0.3, 0.4) is 0 Å². The highest BCUT2D eigenvalue weighted by atomic mass is 16.5. The first kappa shape index (κ1) is 28.1. The third-order valence-electron chi connectivity index (χ3n) is 8.41. The summed E-state index contributed by atoms with van der Waals surface area (Å²) < 4.78 is 23.2. The summed E-state index contributed by atoms with van der Waals surface area (Å²) >= 11 is 0. The van der Waals surface area contributed by atoms with Gasteiger partial charge in [-0.15, -0.1) is 0 Å². The number of aliphatic hydroxyl groups is 1. The van der Waals surface area contributed by atoms with E-state index in [1.54, 1.807) is 23.1 Å². The Morgan fingerprint density at radius 1 is 1.09 bits per heavy atom. The van der Waals surface area contributed by atoms with E-state index in [1.807, 2.05) is 31.3 Å². The number of nitrogens with zero attached hydrogens (tertiary/aromatic N) is 4. The number of aryl methyl sites for hydroxylation is 1. The zero-order chi connectivity index (χ0) is 30.4. The van der Waals surface area contributed by atoms with Crippen LogP contribution in [0.25, 0.3) is 33.3 Å². The van der Waals surface area contributed by atoms with Crippen molar-refractivity contribution in [3.05, 3.63) is 54.0 Å². The number of aliphatic hydroxyl groups excluding tert-OH is 1. The lowest BCUT2D eigenvalue weighted by Gasteiger charge is -2.18. The molecule has 1 saturated carbocycles. The summed E-state index contributed by atoms with van der Waals surface area (Å²) in [6.07, 6.45) is 5.04. The number of methoxy groups -OCH3 is 2. The van der Waals surface area contributed by atoms with Gasteiger partial charge in [-0.25, -0.2) is 4.98 Å². The Bertz CT molecular complexity index is 1840. The number of fused-ring (bicyclic) bond motifs is 2. The largest absolute Gasteiger partial charge is 0.495 e. The molecule has 1 aliphatic carbocycles. The Hall–Kier alpha value is -4.68. The van der Waals surface area contributed by atoms with Crippen LogP contribution in [-0.4, -0.2) is 81.5 Å². The van der Waals surface area contributed by atoms with Gasteiger partial charge in [0.15, 0.2) is 11.5 Å². The molecule has 2 atom stereocenters. The molecule has 4 heterocycles. The molecule has 0 radical (unpaired) electrons. The predicted molar refractivity (Wildman–Crippen MR) is 163 cm³/mol. The van der Waals surface area contributed by atoms with Crippen LogP contribution in [0.4, 0.5) is 11.6 Å². The quantitative estimate of drug-likeness (QED) is 0.223. The normalized spacial score (nSPS) is 18.9. The second-order valence-electron chi connectivity index (χ2n) is 11.3. The molecule has 3 N–H and O–H groups in total. The Balaban J connectivity index is 1.22.